The van der Waals surface area contributed by atoms with Crippen LogP contribution in [0, 0.1) is 5.82 Å². The molecular weight excluding hydrogens is 411 g/mol. The number of hydrogen-bond acceptors (Lipinski definition) is 5. The Morgan fingerprint density at radius 2 is 2.00 bits per heavy atom. The molecule has 0 saturated heterocycles. The number of ether oxygens (including phenoxy) is 1. The highest BCUT2D eigenvalue weighted by Crippen LogP contribution is 2.18. The van der Waals surface area contributed by atoms with E-state index in [1.165, 1.54) is 23.1 Å². The maximum atomic E-state index is 13.3. The van der Waals surface area contributed by atoms with Crippen LogP contribution >= 0.6 is 11.6 Å². The molecule has 0 spiro atoms. The molecule has 0 atom stereocenters. The maximum Gasteiger partial charge on any atom is 0.293 e. The van der Waals surface area contributed by atoms with Crippen molar-refractivity contribution in [3.8, 4) is 5.75 Å². The number of carbonyl (C=O) groups excluding carboxylic acids is 1. The lowest BCUT2D eigenvalue weighted by atomic mass is 10.2. The second-order valence-electron chi connectivity index (χ2n) is 6.36. The Hall–Kier alpha value is -3.65. The number of aromatic nitrogens is 3. The average Bonchev–Trinajstić information content (AvgIpc) is 3.37. The second-order valence-corrected chi connectivity index (χ2v) is 6.79. The number of furan rings is 1. The first kappa shape index (κ1) is 19.7. The van der Waals surface area contributed by atoms with Gasteiger partial charge in [0.05, 0.1) is 6.54 Å². The maximum absolute atomic E-state index is 13.3. The van der Waals surface area contributed by atoms with Crippen LogP contribution in [-0.2, 0) is 13.2 Å². The SMILES string of the molecule is O=C(Nc1ncn(Cc2cccc(F)c2)n1)c1ccc(COc2ccc(Cl)cc2)o1. The highest BCUT2D eigenvalue weighted by molar-refractivity contribution is 6.30. The summed E-state index contributed by atoms with van der Waals surface area (Å²) in [6, 6.07) is 16.3. The molecule has 1 amide bonds. The third-order valence-electron chi connectivity index (χ3n) is 4.08. The molecule has 2 aromatic heterocycles. The van der Waals surface area contributed by atoms with Gasteiger partial charge >= 0.3 is 0 Å². The number of benzene rings is 2. The van der Waals surface area contributed by atoms with E-state index < -0.39 is 5.91 Å². The summed E-state index contributed by atoms with van der Waals surface area (Å²) < 4.78 is 25.9. The summed E-state index contributed by atoms with van der Waals surface area (Å²) in [5.41, 5.74) is 0.731. The van der Waals surface area contributed by atoms with E-state index in [1.54, 1.807) is 48.5 Å². The Labute approximate surface area is 176 Å². The van der Waals surface area contributed by atoms with Gasteiger partial charge in [-0.2, -0.15) is 0 Å². The molecule has 30 heavy (non-hydrogen) atoms. The summed E-state index contributed by atoms with van der Waals surface area (Å²) in [6.07, 6.45) is 1.45. The van der Waals surface area contributed by atoms with Gasteiger partial charge in [-0.05, 0) is 54.1 Å². The first-order valence-corrected chi connectivity index (χ1v) is 9.35. The predicted octanol–water partition coefficient (Wildman–Crippen LogP) is 4.54. The third-order valence-corrected chi connectivity index (χ3v) is 4.33. The molecule has 0 aliphatic rings. The quantitative estimate of drug-likeness (QED) is 0.469. The van der Waals surface area contributed by atoms with Gasteiger partial charge in [0.2, 0.25) is 5.95 Å². The number of hydrogen-bond donors (Lipinski definition) is 1. The highest BCUT2D eigenvalue weighted by atomic mass is 35.5. The molecule has 4 rings (SSSR count). The van der Waals surface area contributed by atoms with Gasteiger partial charge in [0.1, 0.15) is 30.3 Å². The number of anilines is 1. The van der Waals surface area contributed by atoms with Crippen molar-refractivity contribution < 1.29 is 18.3 Å². The molecule has 9 heteroatoms. The Morgan fingerprint density at radius 3 is 2.80 bits per heavy atom. The van der Waals surface area contributed by atoms with E-state index in [-0.39, 0.29) is 24.1 Å². The molecule has 0 radical (unpaired) electrons. The smallest absolute Gasteiger partial charge is 0.293 e. The van der Waals surface area contributed by atoms with E-state index in [9.17, 15) is 9.18 Å². The van der Waals surface area contributed by atoms with E-state index >= 15 is 0 Å². The molecule has 1 N–H and O–H groups in total. The Kier molecular flexibility index (Phi) is 5.76. The summed E-state index contributed by atoms with van der Waals surface area (Å²) in [5.74, 6) is 0.526. The van der Waals surface area contributed by atoms with E-state index in [4.69, 9.17) is 20.8 Å². The van der Waals surface area contributed by atoms with Crippen LogP contribution in [-0.4, -0.2) is 20.7 Å². The van der Waals surface area contributed by atoms with Crippen molar-refractivity contribution >= 4 is 23.5 Å². The van der Waals surface area contributed by atoms with Gasteiger partial charge in [-0.15, -0.1) is 5.10 Å². The molecule has 2 heterocycles. The number of nitrogens with zero attached hydrogens (tertiary/aromatic N) is 3. The van der Waals surface area contributed by atoms with E-state index in [0.717, 1.165) is 5.56 Å². The Bertz CT molecular complexity index is 1160. The van der Waals surface area contributed by atoms with Gasteiger partial charge in [-0.1, -0.05) is 23.7 Å². The van der Waals surface area contributed by atoms with Crippen molar-refractivity contribution in [1.29, 1.82) is 0 Å². The molecule has 0 saturated carbocycles. The van der Waals surface area contributed by atoms with Crippen molar-refractivity contribution in [3.63, 3.8) is 0 Å². The fourth-order valence-corrected chi connectivity index (χ4v) is 2.80. The zero-order valence-electron chi connectivity index (χ0n) is 15.6. The zero-order chi connectivity index (χ0) is 20.9. The van der Waals surface area contributed by atoms with Crippen molar-refractivity contribution in [2.45, 2.75) is 13.2 Å². The summed E-state index contributed by atoms with van der Waals surface area (Å²) in [7, 11) is 0. The standard InChI is InChI=1S/C21H16ClFN4O3/c22-15-4-6-17(7-5-15)29-12-18-8-9-19(30-18)20(28)25-21-24-13-27(26-21)11-14-2-1-3-16(23)10-14/h1-10,13H,11-12H2,(H,25,26,28). The first-order valence-electron chi connectivity index (χ1n) is 8.97. The molecule has 0 fully saturated rings. The average molecular weight is 427 g/mol. The lowest BCUT2D eigenvalue weighted by molar-refractivity contribution is 0.0991. The molecule has 0 unspecified atom stereocenters. The molecule has 2 aromatic carbocycles. The number of rotatable bonds is 7. The lowest BCUT2D eigenvalue weighted by Gasteiger charge is -2.04. The third kappa shape index (κ3) is 5.03. The molecule has 0 bridgehead atoms. The van der Waals surface area contributed by atoms with Gasteiger partial charge in [-0.25, -0.2) is 14.1 Å². The minimum Gasteiger partial charge on any atom is -0.486 e. The van der Waals surface area contributed by atoms with Crippen molar-refractivity contribution in [3.05, 3.63) is 94.9 Å². The highest BCUT2D eigenvalue weighted by Gasteiger charge is 2.14. The summed E-state index contributed by atoms with van der Waals surface area (Å²) in [5, 5.41) is 7.35. The molecule has 0 aliphatic heterocycles. The van der Waals surface area contributed by atoms with Crippen LogP contribution < -0.4 is 10.1 Å². The zero-order valence-corrected chi connectivity index (χ0v) is 16.3. The molecular formula is C21H16ClFN4O3. The van der Waals surface area contributed by atoms with Gasteiger partial charge in [0.25, 0.3) is 5.91 Å². The number of amides is 1. The van der Waals surface area contributed by atoms with Crippen molar-refractivity contribution in [1.82, 2.24) is 14.8 Å². The van der Waals surface area contributed by atoms with Crippen LogP contribution in [0.15, 0.2) is 71.4 Å². The fraction of sp³-hybridized carbons (Fsp3) is 0.0952. The van der Waals surface area contributed by atoms with Gasteiger partial charge in [0.15, 0.2) is 5.76 Å². The van der Waals surface area contributed by atoms with E-state index in [1.807, 2.05) is 0 Å². The first-order chi connectivity index (χ1) is 14.5. The van der Waals surface area contributed by atoms with Gasteiger partial charge in [-0.3, -0.25) is 10.1 Å². The lowest BCUT2D eigenvalue weighted by Crippen LogP contribution is -2.12. The monoisotopic (exact) mass is 426 g/mol. The fourth-order valence-electron chi connectivity index (χ4n) is 2.68. The second kappa shape index (κ2) is 8.79. The Morgan fingerprint density at radius 1 is 1.17 bits per heavy atom. The minimum absolute atomic E-state index is 0.103. The number of nitrogens with one attached hydrogen (secondary N) is 1. The van der Waals surface area contributed by atoms with Crippen LogP contribution in [0.5, 0.6) is 5.75 Å². The Balaban J connectivity index is 1.33. The van der Waals surface area contributed by atoms with Gasteiger partial charge in [0, 0.05) is 5.02 Å². The van der Waals surface area contributed by atoms with Crippen LogP contribution in [0.1, 0.15) is 21.9 Å². The number of carbonyl (C=O) groups is 1. The normalized spacial score (nSPS) is 10.7. The summed E-state index contributed by atoms with van der Waals surface area (Å²) >= 11 is 5.84. The van der Waals surface area contributed by atoms with Crippen LogP contribution in [0.4, 0.5) is 10.3 Å². The van der Waals surface area contributed by atoms with Crippen LogP contribution in [0.2, 0.25) is 5.02 Å². The summed E-state index contributed by atoms with van der Waals surface area (Å²) in [4.78, 5) is 16.4. The molecule has 152 valence electrons. The van der Waals surface area contributed by atoms with Crippen molar-refractivity contribution in [2.24, 2.45) is 0 Å². The van der Waals surface area contributed by atoms with Crippen LogP contribution in [0.3, 0.4) is 0 Å². The molecule has 4 aromatic rings. The molecule has 7 nitrogen and oxygen atoms in total. The number of halogens is 2. The van der Waals surface area contributed by atoms with Gasteiger partial charge < -0.3 is 9.15 Å². The molecule has 0 aliphatic carbocycles. The summed E-state index contributed by atoms with van der Waals surface area (Å²) in [6.45, 7) is 0.489. The minimum atomic E-state index is -0.490. The van der Waals surface area contributed by atoms with Crippen molar-refractivity contribution in [2.75, 3.05) is 5.32 Å². The topological polar surface area (TPSA) is 82.2 Å². The largest absolute Gasteiger partial charge is 0.486 e. The predicted molar refractivity (Wildman–Crippen MR) is 108 cm³/mol. The van der Waals surface area contributed by atoms with E-state index in [2.05, 4.69) is 15.4 Å². The van der Waals surface area contributed by atoms with E-state index in [0.29, 0.717) is 23.1 Å². The van der Waals surface area contributed by atoms with Crippen LogP contribution in [0.25, 0.3) is 0 Å².